The van der Waals surface area contributed by atoms with Gasteiger partial charge in [-0.3, -0.25) is 0 Å². The lowest BCUT2D eigenvalue weighted by Gasteiger charge is -1.90. The fraction of sp³-hybridized carbons (Fsp3) is 0.500. The molecular formula is C6H11NO2S. The number of rotatable bonds is 2. The molecule has 0 unspecified atom stereocenters. The van der Waals surface area contributed by atoms with Crippen LogP contribution in [0.5, 0.6) is 0 Å². The van der Waals surface area contributed by atoms with Gasteiger partial charge in [-0.05, 0) is 6.92 Å². The molecule has 4 heteroatoms. The Hall–Kier alpha value is -0.450. The van der Waals surface area contributed by atoms with Crippen LogP contribution in [0.2, 0.25) is 0 Å². The highest BCUT2D eigenvalue weighted by Gasteiger charge is 1.97. The third-order valence-electron chi connectivity index (χ3n) is 1.18. The fourth-order valence-electron chi connectivity index (χ4n) is 0.668. The van der Waals surface area contributed by atoms with Gasteiger partial charge in [0.2, 0.25) is 0 Å². The zero-order chi connectivity index (χ0) is 6.69. The first kappa shape index (κ1) is 9.55. The molecule has 3 N–H and O–H groups in total. The van der Waals surface area contributed by atoms with Crippen molar-refractivity contribution in [2.24, 2.45) is 0 Å². The van der Waals surface area contributed by atoms with Gasteiger partial charge in [0.25, 0.3) is 0 Å². The van der Waals surface area contributed by atoms with E-state index in [0.29, 0.717) is 0 Å². The van der Waals surface area contributed by atoms with E-state index in [0.717, 1.165) is 12.1 Å². The molecule has 58 valence electrons. The van der Waals surface area contributed by atoms with Crippen LogP contribution in [0.4, 0.5) is 0 Å². The van der Waals surface area contributed by atoms with Crippen LogP contribution >= 0.6 is 11.3 Å². The van der Waals surface area contributed by atoms with Crippen molar-refractivity contribution < 1.29 is 10.6 Å². The van der Waals surface area contributed by atoms with Crippen molar-refractivity contribution >= 4 is 11.3 Å². The number of aromatic nitrogens is 1. The lowest BCUT2D eigenvalue weighted by atomic mass is 10.3. The Morgan fingerprint density at radius 2 is 2.40 bits per heavy atom. The number of thiazole rings is 1. The van der Waals surface area contributed by atoms with Crippen molar-refractivity contribution in [2.75, 3.05) is 6.61 Å². The summed E-state index contributed by atoms with van der Waals surface area (Å²) in [4.78, 5) is 5.23. The van der Waals surface area contributed by atoms with Gasteiger partial charge in [-0.15, -0.1) is 11.3 Å². The zero-order valence-corrected chi connectivity index (χ0v) is 6.61. The van der Waals surface area contributed by atoms with Crippen LogP contribution in [0.1, 0.15) is 10.6 Å². The van der Waals surface area contributed by atoms with Crippen molar-refractivity contribution in [1.82, 2.24) is 4.98 Å². The van der Waals surface area contributed by atoms with E-state index in [1.165, 1.54) is 4.88 Å². The van der Waals surface area contributed by atoms with Crippen LogP contribution < -0.4 is 0 Å². The summed E-state index contributed by atoms with van der Waals surface area (Å²) in [7, 11) is 0. The predicted octanol–water partition coefficient (Wildman–Crippen LogP) is 0.162. The van der Waals surface area contributed by atoms with E-state index in [9.17, 15) is 0 Å². The van der Waals surface area contributed by atoms with Crippen LogP contribution in [-0.4, -0.2) is 22.2 Å². The summed E-state index contributed by atoms with van der Waals surface area (Å²) in [6.45, 7) is 2.19. The molecular weight excluding hydrogens is 150 g/mol. The molecule has 3 nitrogen and oxygen atoms in total. The summed E-state index contributed by atoms with van der Waals surface area (Å²) in [6.07, 6.45) is 0.747. The first-order valence-electron chi connectivity index (χ1n) is 2.84. The molecule has 0 amide bonds. The van der Waals surface area contributed by atoms with Crippen molar-refractivity contribution in [3.8, 4) is 0 Å². The molecule has 0 aliphatic rings. The Morgan fingerprint density at radius 1 is 1.70 bits per heavy atom. The van der Waals surface area contributed by atoms with Gasteiger partial charge in [0, 0.05) is 17.9 Å². The molecule has 0 radical (unpaired) electrons. The van der Waals surface area contributed by atoms with Crippen LogP contribution in [0.3, 0.4) is 0 Å². The van der Waals surface area contributed by atoms with E-state index < -0.39 is 0 Å². The number of aryl methyl sites for hydroxylation is 1. The summed E-state index contributed by atoms with van der Waals surface area (Å²) >= 11 is 1.60. The molecule has 0 fully saturated rings. The number of hydrogen-bond acceptors (Lipinski definition) is 3. The number of aliphatic hydroxyl groups excluding tert-OH is 1. The summed E-state index contributed by atoms with van der Waals surface area (Å²) < 4.78 is 0. The summed E-state index contributed by atoms with van der Waals surface area (Å²) in [5, 5.41) is 8.54. The molecule has 1 rings (SSSR count). The topological polar surface area (TPSA) is 64.6 Å². The zero-order valence-electron chi connectivity index (χ0n) is 5.79. The molecule has 1 aromatic heterocycles. The summed E-state index contributed by atoms with van der Waals surface area (Å²) in [5.41, 5.74) is 2.86. The average Bonchev–Trinajstić information content (AvgIpc) is 2.18. The Balaban J connectivity index is 0.000000810. The molecule has 1 heterocycles. The van der Waals surface area contributed by atoms with E-state index >= 15 is 0 Å². The lowest BCUT2D eigenvalue weighted by molar-refractivity contribution is 0.300. The van der Waals surface area contributed by atoms with Gasteiger partial charge in [0.05, 0.1) is 11.2 Å². The minimum absolute atomic E-state index is 0. The van der Waals surface area contributed by atoms with Gasteiger partial charge < -0.3 is 10.6 Å². The van der Waals surface area contributed by atoms with Gasteiger partial charge in [0.15, 0.2) is 0 Å². The largest absolute Gasteiger partial charge is 0.412 e. The second kappa shape index (κ2) is 4.38. The van der Waals surface area contributed by atoms with Crippen LogP contribution in [0, 0.1) is 6.92 Å². The predicted molar refractivity (Wildman–Crippen MR) is 41.3 cm³/mol. The minimum Gasteiger partial charge on any atom is -0.412 e. The SMILES string of the molecule is Cc1ncsc1CCO.O. The third-order valence-corrected chi connectivity index (χ3v) is 2.18. The van der Waals surface area contributed by atoms with Crippen molar-refractivity contribution in [3.05, 3.63) is 16.1 Å². The Kier molecular flexibility index (Phi) is 4.18. The standard InChI is InChI=1S/C6H9NOS.H2O/c1-5-6(2-3-8)9-4-7-5;/h4,8H,2-3H2,1H3;1H2. The molecule has 0 bridgehead atoms. The van der Waals surface area contributed by atoms with Gasteiger partial charge >= 0.3 is 0 Å². The second-order valence-corrected chi connectivity index (χ2v) is 2.77. The number of hydrogen-bond donors (Lipinski definition) is 1. The Labute approximate surface area is 63.7 Å². The molecule has 0 saturated carbocycles. The molecule has 0 aromatic carbocycles. The smallest absolute Gasteiger partial charge is 0.0797 e. The highest BCUT2D eigenvalue weighted by Crippen LogP contribution is 2.11. The fourth-order valence-corrected chi connectivity index (χ4v) is 1.44. The quantitative estimate of drug-likeness (QED) is 0.671. The van der Waals surface area contributed by atoms with Gasteiger partial charge in [0.1, 0.15) is 0 Å². The molecule has 0 spiro atoms. The number of aliphatic hydroxyl groups is 1. The average molecular weight is 161 g/mol. The van der Waals surface area contributed by atoms with E-state index in [1.54, 1.807) is 16.8 Å². The van der Waals surface area contributed by atoms with Crippen LogP contribution in [-0.2, 0) is 6.42 Å². The van der Waals surface area contributed by atoms with Crippen molar-refractivity contribution in [2.45, 2.75) is 13.3 Å². The van der Waals surface area contributed by atoms with E-state index in [1.807, 2.05) is 6.92 Å². The Morgan fingerprint density at radius 3 is 2.80 bits per heavy atom. The molecule has 0 aliphatic carbocycles. The molecule has 0 atom stereocenters. The maximum Gasteiger partial charge on any atom is 0.0797 e. The maximum absolute atomic E-state index is 8.54. The van der Waals surface area contributed by atoms with Crippen LogP contribution in [0.15, 0.2) is 5.51 Å². The first-order valence-corrected chi connectivity index (χ1v) is 3.72. The molecule has 10 heavy (non-hydrogen) atoms. The Bertz CT molecular complexity index is 188. The molecule has 1 aromatic rings. The highest BCUT2D eigenvalue weighted by atomic mass is 32.1. The maximum atomic E-state index is 8.54. The molecule has 0 saturated heterocycles. The van der Waals surface area contributed by atoms with Crippen molar-refractivity contribution in [3.63, 3.8) is 0 Å². The highest BCUT2D eigenvalue weighted by molar-refractivity contribution is 7.09. The monoisotopic (exact) mass is 161 g/mol. The normalized spacial score (nSPS) is 9.00. The second-order valence-electron chi connectivity index (χ2n) is 1.83. The lowest BCUT2D eigenvalue weighted by Crippen LogP contribution is -1.88. The summed E-state index contributed by atoms with van der Waals surface area (Å²) in [6, 6.07) is 0. The first-order chi connectivity index (χ1) is 4.34. The van der Waals surface area contributed by atoms with Gasteiger partial charge in [-0.2, -0.15) is 0 Å². The molecule has 0 aliphatic heterocycles. The third kappa shape index (κ3) is 2.06. The van der Waals surface area contributed by atoms with E-state index in [4.69, 9.17) is 5.11 Å². The minimum atomic E-state index is 0. The van der Waals surface area contributed by atoms with Crippen LogP contribution in [0.25, 0.3) is 0 Å². The number of nitrogens with zero attached hydrogens (tertiary/aromatic N) is 1. The van der Waals surface area contributed by atoms with Gasteiger partial charge in [-0.1, -0.05) is 0 Å². The van der Waals surface area contributed by atoms with Crippen molar-refractivity contribution in [1.29, 1.82) is 0 Å². The van der Waals surface area contributed by atoms with E-state index in [-0.39, 0.29) is 12.1 Å². The van der Waals surface area contributed by atoms with Gasteiger partial charge in [-0.25, -0.2) is 4.98 Å². The van der Waals surface area contributed by atoms with E-state index in [2.05, 4.69) is 4.98 Å². The summed E-state index contributed by atoms with van der Waals surface area (Å²) in [5.74, 6) is 0.